The molecule has 0 unspecified atom stereocenters. The van der Waals surface area contributed by atoms with E-state index in [-0.39, 0.29) is 47.6 Å². The number of amides is 1. The standard InChI is InChI=1S/C28H25F3N6O4S/c1-5-22(38)35-13-16(3)36(14-15(35)2)25-17-12-20(31)24(23-18(29)8-6-9-19(23)30)33-26(17)37(28(39)34-25)21-10-7-11-32-27(21)42(4,40)41/h5-12,15-16H,1,13-14H2,2-4H3/t15-,16-/m0/s1. The first-order chi connectivity index (χ1) is 19.8. The molecule has 4 aromatic rings. The van der Waals surface area contributed by atoms with E-state index in [0.717, 1.165) is 35.1 Å². The van der Waals surface area contributed by atoms with E-state index in [1.807, 2.05) is 0 Å². The van der Waals surface area contributed by atoms with E-state index >= 15 is 4.39 Å². The van der Waals surface area contributed by atoms with Crippen molar-refractivity contribution in [3.63, 3.8) is 0 Å². The summed E-state index contributed by atoms with van der Waals surface area (Å²) in [6.45, 7) is 7.52. The highest BCUT2D eigenvalue weighted by atomic mass is 32.2. The van der Waals surface area contributed by atoms with Gasteiger partial charge in [-0.1, -0.05) is 12.6 Å². The highest BCUT2D eigenvalue weighted by molar-refractivity contribution is 7.90. The van der Waals surface area contributed by atoms with E-state index in [4.69, 9.17) is 0 Å². The van der Waals surface area contributed by atoms with Crippen LogP contribution >= 0.6 is 0 Å². The van der Waals surface area contributed by atoms with Crippen LogP contribution in [0.1, 0.15) is 13.8 Å². The number of hydrogen-bond donors (Lipinski definition) is 0. The zero-order chi connectivity index (χ0) is 30.5. The largest absolute Gasteiger partial charge is 0.355 e. The predicted molar refractivity (Wildman–Crippen MR) is 150 cm³/mol. The number of halogens is 3. The molecule has 3 aromatic heterocycles. The van der Waals surface area contributed by atoms with Gasteiger partial charge in [-0.05, 0) is 50.3 Å². The van der Waals surface area contributed by atoms with Crippen molar-refractivity contribution in [2.45, 2.75) is 31.0 Å². The minimum Gasteiger partial charge on any atom is -0.349 e. The second-order valence-corrected chi connectivity index (χ2v) is 11.9. The van der Waals surface area contributed by atoms with Crippen LogP contribution in [0.2, 0.25) is 0 Å². The Bertz CT molecular complexity index is 1910. The molecule has 4 heterocycles. The average molecular weight is 599 g/mol. The maximum atomic E-state index is 15.7. The highest BCUT2D eigenvalue weighted by Gasteiger charge is 2.34. The second-order valence-electron chi connectivity index (χ2n) is 9.98. The molecule has 0 aliphatic carbocycles. The molecule has 1 fully saturated rings. The molecule has 1 aromatic carbocycles. The fourth-order valence-electron chi connectivity index (χ4n) is 5.13. The number of pyridine rings is 2. The number of rotatable bonds is 5. The van der Waals surface area contributed by atoms with Crippen LogP contribution < -0.4 is 10.6 Å². The maximum Gasteiger partial charge on any atom is 0.355 e. The van der Waals surface area contributed by atoms with Crippen molar-refractivity contribution < 1.29 is 26.4 Å². The molecular weight excluding hydrogens is 573 g/mol. The summed E-state index contributed by atoms with van der Waals surface area (Å²) >= 11 is 0. The van der Waals surface area contributed by atoms with E-state index in [2.05, 4.69) is 21.5 Å². The Labute approximate surface area is 238 Å². The minimum absolute atomic E-state index is 0.00746. The van der Waals surface area contributed by atoms with E-state index < -0.39 is 55.3 Å². The van der Waals surface area contributed by atoms with Gasteiger partial charge in [-0.3, -0.25) is 4.79 Å². The van der Waals surface area contributed by atoms with Crippen molar-refractivity contribution in [1.82, 2.24) is 24.4 Å². The van der Waals surface area contributed by atoms with E-state index in [0.29, 0.717) is 0 Å². The molecule has 0 bridgehead atoms. The predicted octanol–water partition coefficient (Wildman–Crippen LogP) is 3.28. The van der Waals surface area contributed by atoms with Crippen LogP contribution in [0.4, 0.5) is 19.0 Å². The van der Waals surface area contributed by atoms with Gasteiger partial charge in [-0.15, -0.1) is 0 Å². The molecule has 42 heavy (non-hydrogen) atoms. The van der Waals surface area contributed by atoms with Gasteiger partial charge in [-0.2, -0.15) is 4.98 Å². The highest BCUT2D eigenvalue weighted by Crippen LogP contribution is 2.34. The normalized spacial score (nSPS) is 17.5. The number of anilines is 1. The van der Waals surface area contributed by atoms with Crippen LogP contribution in [-0.4, -0.2) is 70.2 Å². The lowest BCUT2D eigenvalue weighted by Gasteiger charge is -2.44. The maximum absolute atomic E-state index is 15.7. The van der Waals surface area contributed by atoms with Gasteiger partial charge in [0.15, 0.2) is 26.3 Å². The fraction of sp³-hybridized carbons (Fsp3) is 0.250. The summed E-state index contributed by atoms with van der Waals surface area (Å²) in [5.74, 6) is -3.56. The van der Waals surface area contributed by atoms with Crippen LogP contribution in [0.5, 0.6) is 0 Å². The summed E-state index contributed by atoms with van der Waals surface area (Å²) in [7, 11) is -3.99. The molecular formula is C28H25F3N6O4S. The molecule has 1 aliphatic heterocycles. The van der Waals surface area contributed by atoms with Gasteiger partial charge in [0.2, 0.25) is 5.91 Å². The smallest absolute Gasteiger partial charge is 0.349 e. The van der Waals surface area contributed by atoms with Crippen molar-refractivity contribution >= 4 is 32.6 Å². The molecule has 1 aliphatic rings. The van der Waals surface area contributed by atoms with Gasteiger partial charge in [0, 0.05) is 37.6 Å². The third-order valence-electron chi connectivity index (χ3n) is 7.06. The molecule has 1 saturated heterocycles. The van der Waals surface area contributed by atoms with Crippen LogP contribution in [0.25, 0.3) is 28.0 Å². The third-order valence-corrected chi connectivity index (χ3v) is 8.08. The number of carbonyl (C=O) groups excluding carboxylic acids is 1. The van der Waals surface area contributed by atoms with Crippen molar-refractivity contribution in [2.75, 3.05) is 24.2 Å². The van der Waals surface area contributed by atoms with E-state index in [1.165, 1.54) is 24.4 Å². The van der Waals surface area contributed by atoms with E-state index in [9.17, 15) is 26.8 Å². The molecule has 0 spiro atoms. The monoisotopic (exact) mass is 598 g/mol. The number of benzene rings is 1. The molecule has 0 saturated carbocycles. The number of piperazine rings is 1. The zero-order valence-electron chi connectivity index (χ0n) is 22.8. The first kappa shape index (κ1) is 28.9. The molecule has 0 radical (unpaired) electrons. The summed E-state index contributed by atoms with van der Waals surface area (Å²) in [6, 6.07) is 5.85. The molecule has 5 rings (SSSR count). The Kier molecular flexibility index (Phi) is 7.35. The minimum atomic E-state index is -3.99. The Morgan fingerprint density at radius 3 is 2.36 bits per heavy atom. The first-order valence-electron chi connectivity index (χ1n) is 12.8. The Balaban J connectivity index is 1.84. The Morgan fingerprint density at radius 2 is 1.71 bits per heavy atom. The topological polar surface area (TPSA) is 118 Å². The van der Waals surface area contributed by atoms with Crippen molar-refractivity contribution in [3.05, 3.63) is 83.2 Å². The number of sulfone groups is 1. The summed E-state index contributed by atoms with van der Waals surface area (Å²) in [5, 5.41) is -0.510. The van der Waals surface area contributed by atoms with Crippen LogP contribution in [0.15, 0.2) is 65.1 Å². The lowest BCUT2D eigenvalue weighted by Crippen LogP contribution is -2.58. The third kappa shape index (κ3) is 4.91. The van der Waals surface area contributed by atoms with Crippen LogP contribution in [-0.2, 0) is 14.6 Å². The fourth-order valence-corrected chi connectivity index (χ4v) is 5.92. The molecule has 2 atom stereocenters. The van der Waals surface area contributed by atoms with Gasteiger partial charge >= 0.3 is 5.69 Å². The van der Waals surface area contributed by atoms with Gasteiger partial charge < -0.3 is 9.80 Å². The molecule has 10 nitrogen and oxygen atoms in total. The van der Waals surface area contributed by atoms with Gasteiger partial charge in [0.1, 0.15) is 23.1 Å². The van der Waals surface area contributed by atoms with Gasteiger partial charge in [0.05, 0.1) is 16.6 Å². The number of hydrogen-bond acceptors (Lipinski definition) is 8. The lowest BCUT2D eigenvalue weighted by molar-refractivity contribution is -0.128. The lowest BCUT2D eigenvalue weighted by atomic mass is 10.1. The van der Waals surface area contributed by atoms with Crippen molar-refractivity contribution in [1.29, 1.82) is 0 Å². The van der Waals surface area contributed by atoms with Crippen molar-refractivity contribution in [3.8, 4) is 16.9 Å². The Hall–Kier alpha value is -4.59. The molecule has 218 valence electrons. The molecule has 0 N–H and O–H groups in total. The zero-order valence-corrected chi connectivity index (χ0v) is 23.6. The first-order valence-corrected chi connectivity index (χ1v) is 14.7. The molecule has 1 amide bonds. The number of nitrogens with zero attached hydrogens (tertiary/aromatic N) is 6. The van der Waals surface area contributed by atoms with Gasteiger partial charge in [-0.25, -0.2) is 40.9 Å². The summed E-state index contributed by atoms with van der Waals surface area (Å²) < 4.78 is 71.2. The average Bonchev–Trinajstić information content (AvgIpc) is 2.93. The summed E-state index contributed by atoms with van der Waals surface area (Å²) in [6.07, 6.45) is 3.31. The van der Waals surface area contributed by atoms with E-state index in [1.54, 1.807) is 23.6 Å². The number of aromatic nitrogens is 4. The Morgan fingerprint density at radius 1 is 1.02 bits per heavy atom. The number of fused-ring (bicyclic) bond motifs is 1. The SMILES string of the molecule is C=CC(=O)N1C[C@H](C)N(c2nc(=O)n(-c3cccnc3S(C)(=O)=O)c3nc(-c4c(F)cccc4F)c(F)cc23)C[C@@H]1C. The second kappa shape index (κ2) is 10.7. The van der Waals surface area contributed by atoms with Gasteiger partial charge in [0.25, 0.3) is 0 Å². The number of carbonyl (C=O) groups is 1. The van der Waals surface area contributed by atoms with Crippen molar-refractivity contribution in [2.24, 2.45) is 0 Å². The van der Waals surface area contributed by atoms with Crippen LogP contribution in [0.3, 0.4) is 0 Å². The summed E-state index contributed by atoms with van der Waals surface area (Å²) in [4.78, 5) is 41.7. The summed E-state index contributed by atoms with van der Waals surface area (Å²) in [5.41, 5.74) is -3.00. The van der Waals surface area contributed by atoms with Crippen LogP contribution in [0, 0.1) is 17.5 Å². The quantitative estimate of drug-likeness (QED) is 0.321. The molecule has 14 heteroatoms.